The predicted octanol–water partition coefficient (Wildman–Crippen LogP) is 3.77. The van der Waals surface area contributed by atoms with E-state index in [4.69, 9.17) is 16.3 Å². The minimum atomic E-state index is -4.43. The van der Waals surface area contributed by atoms with Crippen LogP contribution in [-0.4, -0.2) is 36.7 Å². The molecule has 0 radical (unpaired) electrons. The maximum atomic E-state index is 12.5. The molecule has 0 atom stereocenters. The standard InChI is InChI=1S/C14H17ClF3NO2/c1-10(2)7-19(9-14(16,17)18)13(20)8-21-12-5-3-11(15)4-6-12/h3-6,10H,7-9H2,1-2H3. The SMILES string of the molecule is CC(C)CN(CC(F)(F)F)C(=O)COc1ccc(Cl)cc1. The van der Waals surface area contributed by atoms with E-state index in [-0.39, 0.29) is 12.5 Å². The fraction of sp³-hybridized carbons (Fsp3) is 0.500. The van der Waals surface area contributed by atoms with Gasteiger partial charge in [-0.05, 0) is 30.2 Å². The lowest BCUT2D eigenvalue weighted by Gasteiger charge is -2.25. The number of hydrogen-bond donors (Lipinski definition) is 0. The number of carbonyl (C=O) groups excluding carboxylic acids is 1. The number of hydrogen-bond acceptors (Lipinski definition) is 2. The van der Waals surface area contributed by atoms with Gasteiger partial charge in [0.2, 0.25) is 0 Å². The molecule has 1 aromatic carbocycles. The van der Waals surface area contributed by atoms with Crippen LogP contribution in [0.4, 0.5) is 13.2 Å². The van der Waals surface area contributed by atoms with Gasteiger partial charge in [0.25, 0.3) is 5.91 Å². The van der Waals surface area contributed by atoms with E-state index in [1.807, 2.05) is 0 Å². The first-order valence-electron chi connectivity index (χ1n) is 6.40. The molecule has 0 fully saturated rings. The summed E-state index contributed by atoms with van der Waals surface area (Å²) in [6, 6.07) is 6.24. The van der Waals surface area contributed by atoms with Crippen LogP contribution in [0.3, 0.4) is 0 Å². The highest BCUT2D eigenvalue weighted by Gasteiger charge is 2.33. The summed E-state index contributed by atoms with van der Waals surface area (Å²) in [5.74, 6) is -0.382. The highest BCUT2D eigenvalue weighted by molar-refractivity contribution is 6.30. The molecule has 0 unspecified atom stereocenters. The molecule has 0 spiro atoms. The summed E-state index contributed by atoms with van der Waals surface area (Å²) in [5.41, 5.74) is 0. The lowest BCUT2D eigenvalue weighted by atomic mass is 10.2. The van der Waals surface area contributed by atoms with Crippen molar-refractivity contribution >= 4 is 17.5 Å². The lowest BCUT2D eigenvalue weighted by molar-refractivity contribution is -0.163. The molecule has 0 saturated heterocycles. The summed E-state index contributed by atoms with van der Waals surface area (Å²) in [4.78, 5) is 12.6. The molecule has 7 heteroatoms. The van der Waals surface area contributed by atoms with E-state index >= 15 is 0 Å². The smallest absolute Gasteiger partial charge is 0.406 e. The molecule has 0 bridgehead atoms. The molecule has 1 amide bonds. The molecular weight excluding hydrogens is 307 g/mol. The Bertz CT molecular complexity index is 460. The maximum absolute atomic E-state index is 12.5. The van der Waals surface area contributed by atoms with Gasteiger partial charge in [-0.1, -0.05) is 25.4 Å². The molecule has 3 nitrogen and oxygen atoms in total. The largest absolute Gasteiger partial charge is 0.484 e. The Kier molecular flexibility index (Phi) is 6.33. The topological polar surface area (TPSA) is 29.5 Å². The number of amides is 1. The molecule has 1 rings (SSSR count). The van der Waals surface area contributed by atoms with E-state index in [1.165, 1.54) is 0 Å². The van der Waals surface area contributed by atoms with Crippen LogP contribution in [0, 0.1) is 5.92 Å². The van der Waals surface area contributed by atoms with Gasteiger partial charge >= 0.3 is 6.18 Å². The molecule has 0 N–H and O–H groups in total. The van der Waals surface area contributed by atoms with Crippen LogP contribution in [0.15, 0.2) is 24.3 Å². The second-order valence-electron chi connectivity index (χ2n) is 5.03. The van der Waals surface area contributed by atoms with Gasteiger partial charge in [0.15, 0.2) is 6.61 Å². The van der Waals surface area contributed by atoms with Crippen molar-refractivity contribution in [3.05, 3.63) is 29.3 Å². The molecule has 0 saturated carbocycles. The summed E-state index contributed by atoms with van der Waals surface area (Å²) < 4.78 is 42.6. The Morgan fingerprint density at radius 3 is 2.33 bits per heavy atom. The second kappa shape index (κ2) is 7.54. The van der Waals surface area contributed by atoms with Gasteiger partial charge in [-0.15, -0.1) is 0 Å². The van der Waals surface area contributed by atoms with Crippen molar-refractivity contribution in [2.75, 3.05) is 19.7 Å². The number of ether oxygens (including phenoxy) is 1. The van der Waals surface area contributed by atoms with Gasteiger partial charge in [0.1, 0.15) is 12.3 Å². The zero-order valence-corrected chi connectivity index (χ0v) is 12.5. The molecule has 0 aliphatic heterocycles. The molecule has 118 valence electrons. The average molecular weight is 324 g/mol. The van der Waals surface area contributed by atoms with Gasteiger partial charge in [-0.2, -0.15) is 13.2 Å². The summed E-state index contributed by atoms with van der Waals surface area (Å²) in [6.45, 7) is 1.81. The summed E-state index contributed by atoms with van der Waals surface area (Å²) in [6.07, 6.45) is -4.43. The Hall–Kier alpha value is -1.43. The molecule has 0 aliphatic carbocycles. The molecule has 0 heterocycles. The molecular formula is C14H17ClF3NO2. The van der Waals surface area contributed by atoms with Crippen molar-refractivity contribution in [2.24, 2.45) is 5.92 Å². The number of rotatable bonds is 6. The van der Waals surface area contributed by atoms with Crippen molar-refractivity contribution in [3.63, 3.8) is 0 Å². The van der Waals surface area contributed by atoms with Crippen LogP contribution in [0.25, 0.3) is 0 Å². The Morgan fingerprint density at radius 2 is 1.86 bits per heavy atom. The first-order chi connectivity index (χ1) is 9.67. The van der Waals surface area contributed by atoms with Crippen molar-refractivity contribution in [1.29, 1.82) is 0 Å². The van der Waals surface area contributed by atoms with Gasteiger partial charge in [0.05, 0.1) is 0 Å². The normalized spacial score (nSPS) is 11.6. The van der Waals surface area contributed by atoms with E-state index in [0.717, 1.165) is 4.90 Å². The van der Waals surface area contributed by atoms with Crippen LogP contribution in [0.1, 0.15) is 13.8 Å². The Labute approximate surface area is 126 Å². The summed E-state index contributed by atoms with van der Waals surface area (Å²) in [7, 11) is 0. The third-order valence-corrected chi connectivity index (χ3v) is 2.74. The summed E-state index contributed by atoms with van der Waals surface area (Å²) in [5, 5.41) is 0.507. The fourth-order valence-corrected chi connectivity index (χ4v) is 1.80. The van der Waals surface area contributed by atoms with Crippen molar-refractivity contribution in [2.45, 2.75) is 20.0 Å². The minimum absolute atomic E-state index is 0.0301. The zero-order valence-electron chi connectivity index (χ0n) is 11.8. The predicted molar refractivity (Wildman–Crippen MR) is 74.4 cm³/mol. The van der Waals surface area contributed by atoms with Crippen molar-refractivity contribution in [1.82, 2.24) is 4.90 Å². The van der Waals surface area contributed by atoms with E-state index in [9.17, 15) is 18.0 Å². The number of carbonyl (C=O) groups is 1. The molecule has 1 aromatic rings. The number of alkyl halides is 3. The number of halogens is 4. The Morgan fingerprint density at radius 1 is 1.29 bits per heavy atom. The first kappa shape index (κ1) is 17.6. The third-order valence-electron chi connectivity index (χ3n) is 2.48. The van der Waals surface area contributed by atoms with Gasteiger partial charge < -0.3 is 9.64 Å². The van der Waals surface area contributed by atoms with Crippen molar-refractivity contribution in [3.8, 4) is 5.75 Å². The second-order valence-corrected chi connectivity index (χ2v) is 5.46. The quantitative estimate of drug-likeness (QED) is 0.797. The monoisotopic (exact) mass is 323 g/mol. The van der Waals surface area contributed by atoms with Gasteiger partial charge in [-0.3, -0.25) is 4.79 Å². The Balaban J connectivity index is 2.61. The molecule has 0 aliphatic rings. The van der Waals surface area contributed by atoms with E-state index < -0.39 is 25.2 Å². The average Bonchev–Trinajstić information content (AvgIpc) is 2.34. The fourth-order valence-electron chi connectivity index (χ4n) is 1.68. The van der Waals surface area contributed by atoms with Crippen LogP contribution < -0.4 is 4.74 Å². The lowest BCUT2D eigenvalue weighted by Crippen LogP contribution is -2.43. The molecule has 21 heavy (non-hydrogen) atoms. The zero-order chi connectivity index (χ0) is 16.0. The van der Waals surface area contributed by atoms with Crippen LogP contribution in [0.5, 0.6) is 5.75 Å². The highest BCUT2D eigenvalue weighted by Crippen LogP contribution is 2.18. The van der Waals surface area contributed by atoms with Crippen LogP contribution in [0.2, 0.25) is 5.02 Å². The van der Waals surface area contributed by atoms with E-state index in [1.54, 1.807) is 38.1 Å². The van der Waals surface area contributed by atoms with Gasteiger partial charge in [0, 0.05) is 11.6 Å². The molecule has 0 aromatic heterocycles. The highest BCUT2D eigenvalue weighted by atomic mass is 35.5. The third kappa shape index (κ3) is 7.22. The minimum Gasteiger partial charge on any atom is -0.484 e. The first-order valence-corrected chi connectivity index (χ1v) is 6.78. The summed E-state index contributed by atoms with van der Waals surface area (Å²) >= 11 is 5.70. The maximum Gasteiger partial charge on any atom is 0.406 e. The van der Waals surface area contributed by atoms with Gasteiger partial charge in [-0.25, -0.2) is 0 Å². The van der Waals surface area contributed by atoms with E-state index in [0.29, 0.717) is 10.8 Å². The van der Waals surface area contributed by atoms with Crippen LogP contribution >= 0.6 is 11.6 Å². The number of benzene rings is 1. The van der Waals surface area contributed by atoms with E-state index in [2.05, 4.69) is 0 Å². The number of nitrogens with zero attached hydrogens (tertiary/aromatic N) is 1. The van der Waals surface area contributed by atoms with Crippen molar-refractivity contribution < 1.29 is 22.7 Å². The van der Waals surface area contributed by atoms with Crippen LogP contribution in [-0.2, 0) is 4.79 Å².